The van der Waals surface area contributed by atoms with E-state index < -0.39 is 0 Å². The standard InChI is InChI=1S/C13H15NO2/c1-10-8-12(6-5-11(10)9-15)14-7-3-2-4-13(14)16/h5-6,8-9H,2-4,7H2,1H3. The van der Waals surface area contributed by atoms with Crippen molar-refractivity contribution in [2.75, 3.05) is 11.4 Å². The molecule has 3 heteroatoms. The Morgan fingerprint density at radius 3 is 2.75 bits per heavy atom. The van der Waals surface area contributed by atoms with Crippen molar-refractivity contribution in [1.29, 1.82) is 0 Å². The van der Waals surface area contributed by atoms with Gasteiger partial charge in [0.15, 0.2) is 0 Å². The highest BCUT2D eigenvalue weighted by molar-refractivity contribution is 5.94. The van der Waals surface area contributed by atoms with Crippen LogP contribution < -0.4 is 4.90 Å². The van der Waals surface area contributed by atoms with Gasteiger partial charge in [-0.3, -0.25) is 9.59 Å². The Morgan fingerprint density at radius 1 is 1.31 bits per heavy atom. The van der Waals surface area contributed by atoms with E-state index in [0.717, 1.165) is 36.9 Å². The number of amides is 1. The Morgan fingerprint density at radius 2 is 2.12 bits per heavy atom. The summed E-state index contributed by atoms with van der Waals surface area (Å²) in [6.07, 6.45) is 3.52. The number of nitrogens with zero attached hydrogens (tertiary/aromatic N) is 1. The van der Waals surface area contributed by atoms with Gasteiger partial charge in [-0.25, -0.2) is 0 Å². The Kier molecular flexibility index (Phi) is 3.04. The quantitative estimate of drug-likeness (QED) is 0.713. The fourth-order valence-corrected chi connectivity index (χ4v) is 2.04. The lowest BCUT2D eigenvalue weighted by atomic mass is 10.1. The van der Waals surface area contributed by atoms with E-state index in [4.69, 9.17) is 0 Å². The van der Waals surface area contributed by atoms with Gasteiger partial charge in [-0.2, -0.15) is 0 Å². The zero-order valence-corrected chi connectivity index (χ0v) is 9.40. The lowest BCUT2D eigenvalue weighted by Gasteiger charge is -2.27. The summed E-state index contributed by atoms with van der Waals surface area (Å²) in [5.41, 5.74) is 2.52. The summed E-state index contributed by atoms with van der Waals surface area (Å²) < 4.78 is 0. The number of rotatable bonds is 2. The summed E-state index contributed by atoms with van der Waals surface area (Å²) in [5.74, 6) is 0.185. The minimum atomic E-state index is 0.185. The number of anilines is 1. The van der Waals surface area contributed by atoms with Crippen molar-refractivity contribution in [2.24, 2.45) is 0 Å². The zero-order chi connectivity index (χ0) is 11.5. The number of aldehydes is 1. The zero-order valence-electron chi connectivity index (χ0n) is 9.40. The molecule has 1 aliphatic heterocycles. The molecule has 1 amide bonds. The van der Waals surface area contributed by atoms with Gasteiger partial charge < -0.3 is 4.90 Å². The summed E-state index contributed by atoms with van der Waals surface area (Å²) in [6, 6.07) is 5.53. The van der Waals surface area contributed by atoms with Crippen LogP contribution in [-0.2, 0) is 4.79 Å². The highest BCUT2D eigenvalue weighted by Gasteiger charge is 2.19. The highest BCUT2D eigenvalue weighted by atomic mass is 16.2. The molecule has 0 aromatic heterocycles. The van der Waals surface area contributed by atoms with Crippen molar-refractivity contribution in [3.63, 3.8) is 0 Å². The first-order valence-electron chi connectivity index (χ1n) is 5.58. The second-order valence-corrected chi connectivity index (χ2v) is 4.16. The van der Waals surface area contributed by atoms with Crippen LogP contribution in [0.25, 0.3) is 0 Å². The van der Waals surface area contributed by atoms with Gasteiger partial charge in [-0.1, -0.05) is 0 Å². The molecule has 0 N–H and O–H groups in total. The van der Waals surface area contributed by atoms with Crippen molar-refractivity contribution in [3.8, 4) is 0 Å². The van der Waals surface area contributed by atoms with Gasteiger partial charge in [0.2, 0.25) is 5.91 Å². The first kappa shape index (κ1) is 10.9. The number of hydrogen-bond acceptors (Lipinski definition) is 2. The van der Waals surface area contributed by atoms with Gasteiger partial charge in [0.1, 0.15) is 6.29 Å². The van der Waals surface area contributed by atoms with Gasteiger partial charge in [0.05, 0.1) is 0 Å². The Bertz CT molecular complexity index is 426. The van der Waals surface area contributed by atoms with E-state index >= 15 is 0 Å². The van der Waals surface area contributed by atoms with Crippen LogP contribution in [0.5, 0.6) is 0 Å². The SMILES string of the molecule is Cc1cc(N2CCCCC2=O)ccc1C=O. The number of hydrogen-bond donors (Lipinski definition) is 0. The first-order chi connectivity index (χ1) is 7.72. The average molecular weight is 217 g/mol. The predicted molar refractivity (Wildman–Crippen MR) is 62.8 cm³/mol. The summed E-state index contributed by atoms with van der Waals surface area (Å²) in [7, 11) is 0. The molecule has 0 aliphatic carbocycles. The number of piperidine rings is 1. The van der Waals surface area contributed by atoms with Gasteiger partial charge in [0.25, 0.3) is 0 Å². The molecule has 16 heavy (non-hydrogen) atoms. The maximum Gasteiger partial charge on any atom is 0.226 e. The van der Waals surface area contributed by atoms with Crippen LogP contribution >= 0.6 is 0 Å². The summed E-state index contributed by atoms with van der Waals surface area (Å²) in [5, 5.41) is 0. The first-order valence-corrected chi connectivity index (χ1v) is 5.58. The van der Waals surface area contributed by atoms with Gasteiger partial charge in [-0.15, -0.1) is 0 Å². The Hall–Kier alpha value is -1.64. The Labute approximate surface area is 95.1 Å². The third kappa shape index (κ3) is 1.98. The maximum absolute atomic E-state index is 11.7. The molecular weight excluding hydrogens is 202 g/mol. The molecule has 0 bridgehead atoms. The molecule has 2 rings (SSSR count). The Balaban J connectivity index is 2.29. The van der Waals surface area contributed by atoms with E-state index in [-0.39, 0.29) is 5.91 Å². The largest absolute Gasteiger partial charge is 0.312 e. The van der Waals surface area contributed by atoms with Crippen LogP contribution in [0.15, 0.2) is 18.2 Å². The third-order valence-electron chi connectivity index (χ3n) is 3.02. The van der Waals surface area contributed by atoms with Crippen LogP contribution in [0.1, 0.15) is 35.2 Å². The van der Waals surface area contributed by atoms with E-state index in [1.165, 1.54) is 0 Å². The molecule has 0 unspecified atom stereocenters. The van der Waals surface area contributed by atoms with Crippen molar-refractivity contribution >= 4 is 17.9 Å². The molecule has 1 saturated heterocycles. The fourth-order valence-electron chi connectivity index (χ4n) is 2.04. The lowest BCUT2D eigenvalue weighted by Crippen LogP contribution is -2.35. The second-order valence-electron chi connectivity index (χ2n) is 4.16. The second kappa shape index (κ2) is 4.47. The molecule has 3 nitrogen and oxygen atoms in total. The van der Waals surface area contributed by atoms with Crippen LogP contribution in [0.2, 0.25) is 0 Å². The van der Waals surface area contributed by atoms with E-state index in [2.05, 4.69) is 0 Å². The van der Waals surface area contributed by atoms with Crippen LogP contribution in [0.3, 0.4) is 0 Å². The third-order valence-corrected chi connectivity index (χ3v) is 3.02. The molecule has 1 heterocycles. The van der Waals surface area contributed by atoms with Crippen molar-refractivity contribution < 1.29 is 9.59 Å². The van der Waals surface area contributed by atoms with Gasteiger partial charge >= 0.3 is 0 Å². The smallest absolute Gasteiger partial charge is 0.226 e. The van der Waals surface area contributed by atoms with Crippen molar-refractivity contribution in [2.45, 2.75) is 26.2 Å². The number of benzene rings is 1. The van der Waals surface area contributed by atoms with Gasteiger partial charge in [0, 0.05) is 24.2 Å². The fraction of sp³-hybridized carbons (Fsp3) is 0.385. The van der Waals surface area contributed by atoms with E-state index in [1.54, 1.807) is 6.07 Å². The summed E-state index contributed by atoms with van der Waals surface area (Å²) >= 11 is 0. The highest BCUT2D eigenvalue weighted by Crippen LogP contribution is 2.22. The predicted octanol–water partition coefficient (Wildman–Crippen LogP) is 2.32. The molecule has 0 atom stereocenters. The lowest BCUT2D eigenvalue weighted by molar-refractivity contribution is -0.119. The molecule has 84 valence electrons. The monoisotopic (exact) mass is 217 g/mol. The van der Waals surface area contributed by atoms with Crippen LogP contribution in [-0.4, -0.2) is 18.7 Å². The minimum Gasteiger partial charge on any atom is -0.312 e. The molecule has 1 aromatic carbocycles. The molecular formula is C13H15NO2. The van der Waals surface area contributed by atoms with E-state index in [9.17, 15) is 9.59 Å². The summed E-state index contributed by atoms with van der Waals surface area (Å²) in [4.78, 5) is 24.2. The average Bonchev–Trinajstić information content (AvgIpc) is 2.29. The van der Waals surface area contributed by atoms with E-state index in [0.29, 0.717) is 12.0 Å². The van der Waals surface area contributed by atoms with Crippen molar-refractivity contribution in [3.05, 3.63) is 29.3 Å². The van der Waals surface area contributed by atoms with Crippen molar-refractivity contribution in [1.82, 2.24) is 0 Å². The molecule has 0 saturated carbocycles. The number of carbonyl (C=O) groups is 2. The molecule has 1 aliphatic rings. The molecule has 0 spiro atoms. The van der Waals surface area contributed by atoms with Gasteiger partial charge in [-0.05, 0) is 43.5 Å². The molecule has 0 radical (unpaired) electrons. The number of aryl methyl sites for hydroxylation is 1. The summed E-state index contributed by atoms with van der Waals surface area (Å²) in [6.45, 7) is 2.68. The minimum absolute atomic E-state index is 0.185. The maximum atomic E-state index is 11.7. The van der Waals surface area contributed by atoms with Crippen LogP contribution in [0.4, 0.5) is 5.69 Å². The normalized spacial score (nSPS) is 16.3. The number of carbonyl (C=O) groups excluding carboxylic acids is 2. The van der Waals surface area contributed by atoms with Crippen LogP contribution in [0, 0.1) is 6.92 Å². The molecule has 1 fully saturated rings. The molecule has 1 aromatic rings. The topological polar surface area (TPSA) is 37.4 Å². The van der Waals surface area contributed by atoms with E-state index in [1.807, 2.05) is 24.0 Å².